The largest absolute Gasteiger partial charge is 0.457 e. The van der Waals surface area contributed by atoms with E-state index in [0.717, 1.165) is 17.0 Å². The first-order chi connectivity index (χ1) is 15.9. The topological polar surface area (TPSA) is 89.5 Å². The van der Waals surface area contributed by atoms with Gasteiger partial charge in [0.25, 0.3) is 0 Å². The molecule has 6 nitrogen and oxygen atoms in total. The molecule has 0 radical (unpaired) electrons. The zero-order valence-electron chi connectivity index (χ0n) is 17.5. The van der Waals surface area contributed by atoms with Gasteiger partial charge in [-0.3, -0.25) is 19.2 Å². The van der Waals surface area contributed by atoms with Gasteiger partial charge in [-0.25, -0.2) is 4.39 Å². The maximum atomic E-state index is 12.9. The van der Waals surface area contributed by atoms with Crippen LogP contribution in [0.3, 0.4) is 0 Å². The van der Waals surface area contributed by atoms with Gasteiger partial charge in [-0.05, 0) is 72.1 Å². The number of rotatable bonds is 10. The third-order valence-electron chi connectivity index (χ3n) is 4.48. The Morgan fingerprint density at radius 3 is 2.27 bits per heavy atom. The third kappa shape index (κ3) is 7.62. The Hall–Kier alpha value is -3.91. The average molecular weight is 466 g/mol. The Morgan fingerprint density at radius 2 is 1.61 bits per heavy atom. The van der Waals surface area contributed by atoms with E-state index in [0.29, 0.717) is 11.3 Å². The summed E-state index contributed by atoms with van der Waals surface area (Å²) in [5.74, 6) is -2.19. The molecule has 3 rings (SSSR count). The fourth-order valence-electron chi connectivity index (χ4n) is 2.73. The molecular weight excluding hydrogens is 445 g/mol. The maximum Gasteiger partial charge on any atom is 0.306 e. The molecule has 1 aromatic heterocycles. The minimum atomic E-state index is -0.695. The molecule has 8 heteroatoms. The van der Waals surface area contributed by atoms with Gasteiger partial charge >= 0.3 is 5.97 Å². The van der Waals surface area contributed by atoms with Gasteiger partial charge in [-0.15, -0.1) is 11.3 Å². The van der Waals surface area contributed by atoms with Crippen LogP contribution in [0.1, 0.15) is 38.4 Å². The quantitative estimate of drug-likeness (QED) is 0.261. The fourth-order valence-corrected chi connectivity index (χ4v) is 3.35. The highest BCUT2D eigenvalue weighted by atomic mass is 32.1. The highest BCUT2D eigenvalue weighted by Crippen LogP contribution is 2.14. The lowest BCUT2D eigenvalue weighted by molar-refractivity contribution is -0.143. The molecule has 1 heterocycles. The van der Waals surface area contributed by atoms with E-state index >= 15 is 0 Å². The number of esters is 1. The number of hydrogen-bond acceptors (Lipinski definition) is 6. The van der Waals surface area contributed by atoms with Crippen LogP contribution in [0.5, 0.6) is 0 Å². The Kier molecular flexibility index (Phi) is 8.37. The molecule has 0 unspecified atom stereocenters. The van der Waals surface area contributed by atoms with Crippen molar-refractivity contribution in [3.8, 4) is 0 Å². The second-order valence-corrected chi connectivity index (χ2v) is 7.91. The van der Waals surface area contributed by atoms with Crippen LogP contribution < -0.4 is 5.32 Å². The van der Waals surface area contributed by atoms with Gasteiger partial charge in [-0.2, -0.15) is 0 Å². The summed E-state index contributed by atoms with van der Waals surface area (Å²) in [6.45, 7) is -0.484. The van der Waals surface area contributed by atoms with Gasteiger partial charge in [0.2, 0.25) is 5.91 Å². The molecule has 0 atom stereocenters. The van der Waals surface area contributed by atoms with E-state index in [1.807, 2.05) is 17.5 Å². The van der Waals surface area contributed by atoms with Crippen molar-refractivity contribution in [3.05, 3.63) is 93.9 Å². The number of ether oxygens (including phenoxy) is 1. The molecule has 2 aromatic carbocycles. The van der Waals surface area contributed by atoms with Crippen molar-refractivity contribution in [2.45, 2.75) is 12.8 Å². The molecule has 33 heavy (non-hydrogen) atoms. The fraction of sp³-hybridized carbons (Fsp3) is 0.120. The number of amides is 1. The van der Waals surface area contributed by atoms with E-state index in [-0.39, 0.29) is 24.2 Å². The third-order valence-corrected chi connectivity index (χ3v) is 5.32. The van der Waals surface area contributed by atoms with Crippen molar-refractivity contribution in [1.82, 2.24) is 0 Å². The summed E-state index contributed by atoms with van der Waals surface area (Å²) in [5.41, 5.74) is 1.19. The number of carbonyl (C=O) groups is 4. The van der Waals surface area contributed by atoms with Crippen molar-refractivity contribution >= 4 is 46.5 Å². The standard InChI is InChI=1S/C25H20FNO5S/c26-19-7-3-18(4-8-19)23(29)16-32-25(31)14-13-24(30)27-20-9-5-17(6-10-20)22(28)12-11-21-2-1-15-33-21/h1-12,15H,13-14,16H2,(H,27,30)/b12-11+. The number of nitrogens with one attached hydrogen (secondary N) is 1. The lowest BCUT2D eigenvalue weighted by atomic mass is 10.1. The van der Waals surface area contributed by atoms with Crippen LogP contribution in [0.25, 0.3) is 6.08 Å². The van der Waals surface area contributed by atoms with Crippen molar-refractivity contribution in [3.63, 3.8) is 0 Å². The van der Waals surface area contributed by atoms with Crippen LogP contribution in [0.4, 0.5) is 10.1 Å². The van der Waals surface area contributed by atoms with E-state index < -0.39 is 30.1 Å². The number of halogens is 1. The van der Waals surface area contributed by atoms with Crippen LogP contribution in [-0.2, 0) is 14.3 Å². The second-order valence-electron chi connectivity index (χ2n) is 6.93. The van der Waals surface area contributed by atoms with Crippen LogP contribution in [0.15, 0.2) is 72.1 Å². The Labute approximate surface area is 193 Å². The first-order valence-corrected chi connectivity index (χ1v) is 10.9. The average Bonchev–Trinajstić information content (AvgIpc) is 3.34. The minimum Gasteiger partial charge on any atom is -0.457 e. The predicted octanol–water partition coefficient (Wildman–Crippen LogP) is 4.93. The zero-order valence-corrected chi connectivity index (χ0v) is 18.3. The Bertz CT molecular complexity index is 1150. The lowest BCUT2D eigenvalue weighted by Gasteiger charge is -2.07. The summed E-state index contributed by atoms with van der Waals surface area (Å²) in [6, 6.07) is 15.1. The molecule has 0 bridgehead atoms. The SMILES string of the molecule is O=C(CCC(=O)OCC(=O)c1ccc(F)cc1)Nc1ccc(C(=O)/C=C/c2cccs2)cc1. The number of Topliss-reactive ketones (excluding diaryl/α,β-unsaturated/α-hetero) is 1. The van der Waals surface area contributed by atoms with Gasteiger partial charge in [0, 0.05) is 28.1 Å². The summed E-state index contributed by atoms with van der Waals surface area (Å²) in [6.07, 6.45) is 2.90. The monoisotopic (exact) mass is 465 g/mol. The predicted molar refractivity (Wildman–Crippen MR) is 124 cm³/mol. The summed E-state index contributed by atoms with van der Waals surface area (Å²) < 4.78 is 17.8. The van der Waals surface area contributed by atoms with Gasteiger partial charge in [0.1, 0.15) is 5.82 Å². The minimum absolute atomic E-state index is 0.131. The summed E-state index contributed by atoms with van der Waals surface area (Å²) in [4.78, 5) is 49.0. The van der Waals surface area contributed by atoms with Crippen molar-refractivity contribution < 1.29 is 28.3 Å². The Balaban J connectivity index is 1.40. The molecule has 1 N–H and O–H groups in total. The molecule has 0 spiro atoms. The summed E-state index contributed by atoms with van der Waals surface area (Å²) >= 11 is 1.53. The number of allylic oxidation sites excluding steroid dienone is 1. The van der Waals surface area contributed by atoms with E-state index in [4.69, 9.17) is 4.74 Å². The number of hydrogen-bond donors (Lipinski definition) is 1. The molecule has 0 aliphatic rings. The molecule has 3 aromatic rings. The zero-order chi connectivity index (χ0) is 23.6. The summed E-state index contributed by atoms with van der Waals surface area (Å²) in [5, 5.41) is 4.56. The second kappa shape index (κ2) is 11.6. The van der Waals surface area contributed by atoms with Gasteiger partial charge in [0.15, 0.2) is 18.2 Å². The first kappa shape index (κ1) is 23.7. The number of thiophene rings is 1. The van der Waals surface area contributed by atoms with E-state index in [2.05, 4.69) is 5.32 Å². The van der Waals surface area contributed by atoms with Crippen LogP contribution >= 0.6 is 11.3 Å². The van der Waals surface area contributed by atoms with Crippen molar-refractivity contribution in [1.29, 1.82) is 0 Å². The lowest BCUT2D eigenvalue weighted by Crippen LogP contribution is -2.17. The molecular formula is C25H20FNO5S. The van der Waals surface area contributed by atoms with Crippen molar-refractivity contribution in [2.75, 3.05) is 11.9 Å². The molecule has 0 aliphatic carbocycles. The number of anilines is 1. The van der Waals surface area contributed by atoms with Crippen LogP contribution in [0.2, 0.25) is 0 Å². The van der Waals surface area contributed by atoms with Gasteiger partial charge in [-0.1, -0.05) is 6.07 Å². The van der Waals surface area contributed by atoms with E-state index in [1.54, 1.807) is 30.3 Å². The number of carbonyl (C=O) groups excluding carboxylic acids is 4. The molecule has 0 saturated heterocycles. The molecule has 0 fully saturated rings. The van der Waals surface area contributed by atoms with Crippen molar-refractivity contribution in [2.24, 2.45) is 0 Å². The smallest absolute Gasteiger partial charge is 0.306 e. The normalized spacial score (nSPS) is 10.7. The summed E-state index contributed by atoms with van der Waals surface area (Å²) in [7, 11) is 0. The highest BCUT2D eigenvalue weighted by Gasteiger charge is 2.12. The number of benzene rings is 2. The molecule has 168 valence electrons. The number of ketones is 2. The van der Waals surface area contributed by atoms with Gasteiger partial charge in [0.05, 0.1) is 6.42 Å². The molecule has 0 saturated carbocycles. The van der Waals surface area contributed by atoms with E-state index in [9.17, 15) is 23.6 Å². The van der Waals surface area contributed by atoms with Crippen LogP contribution in [-0.4, -0.2) is 30.0 Å². The maximum absolute atomic E-state index is 12.9. The van der Waals surface area contributed by atoms with Crippen LogP contribution in [0, 0.1) is 5.82 Å². The Morgan fingerprint density at radius 1 is 0.909 bits per heavy atom. The van der Waals surface area contributed by atoms with E-state index in [1.165, 1.54) is 29.5 Å². The molecule has 0 aliphatic heterocycles. The molecule has 1 amide bonds. The van der Waals surface area contributed by atoms with Gasteiger partial charge < -0.3 is 10.1 Å². The first-order valence-electron chi connectivity index (χ1n) is 10.0. The highest BCUT2D eigenvalue weighted by molar-refractivity contribution is 7.10.